The Bertz CT molecular complexity index is 643. The number of hydrogen-bond acceptors (Lipinski definition) is 4. The minimum atomic E-state index is -3.57. The summed E-state index contributed by atoms with van der Waals surface area (Å²) in [5, 5.41) is 0. The maximum Gasteiger partial charge on any atom is 0.240 e. The van der Waals surface area contributed by atoms with Crippen molar-refractivity contribution in [1.82, 2.24) is 9.62 Å². The van der Waals surface area contributed by atoms with Crippen LogP contribution < -0.4 is 4.72 Å². The average molecular weight is 354 g/mol. The second-order valence-corrected chi connectivity index (χ2v) is 7.82. The molecule has 1 atom stereocenters. The van der Waals surface area contributed by atoms with Crippen molar-refractivity contribution in [1.29, 1.82) is 0 Å². The summed E-state index contributed by atoms with van der Waals surface area (Å²) in [5.74, 6) is -0.0196. The van der Waals surface area contributed by atoms with Crippen molar-refractivity contribution in [3.63, 3.8) is 0 Å². The quantitative estimate of drug-likeness (QED) is 0.806. The number of carbonyl (C=O) groups excluding carboxylic acids is 1. The van der Waals surface area contributed by atoms with E-state index < -0.39 is 10.0 Å². The summed E-state index contributed by atoms with van der Waals surface area (Å²) in [6, 6.07) is 6.99. The predicted molar refractivity (Wildman–Crippen MR) is 92.2 cm³/mol. The average Bonchev–Trinajstić information content (AvgIpc) is 2.59. The molecular formula is C17H26N2O4S. The van der Waals surface area contributed by atoms with E-state index in [1.807, 2.05) is 12.1 Å². The van der Waals surface area contributed by atoms with Gasteiger partial charge in [0.05, 0.1) is 17.6 Å². The van der Waals surface area contributed by atoms with E-state index in [0.29, 0.717) is 19.7 Å². The zero-order valence-electron chi connectivity index (χ0n) is 14.3. The Labute approximate surface area is 144 Å². The first kappa shape index (κ1) is 18.9. The van der Waals surface area contributed by atoms with Crippen molar-refractivity contribution in [2.24, 2.45) is 0 Å². The molecule has 7 heteroatoms. The molecule has 1 saturated heterocycles. The minimum Gasteiger partial charge on any atom is -0.373 e. The zero-order valence-corrected chi connectivity index (χ0v) is 15.1. The Morgan fingerprint density at radius 2 is 2.04 bits per heavy atom. The van der Waals surface area contributed by atoms with Crippen molar-refractivity contribution in [3.8, 4) is 0 Å². The van der Waals surface area contributed by atoms with E-state index in [1.165, 1.54) is 6.92 Å². The van der Waals surface area contributed by atoms with Gasteiger partial charge in [-0.05, 0) is 30.5 Å². The largest absolute Gasteiger partial charge is 0.373 e. The van der Waals surface area contributed by atoms with Crippen molar-refractivity contribution >= 4 is 15.9 Å². The van der Waals surface area contributed by atoms with Gasteiger partial charge in [0.15, 0.2) is 0 Å². The van der Waals surface area contributed by atoms with Gasteiger partial charge in [-0.3, -0.25) is 4.79 Å². The maximum absolute atomic E-state index is 12.4. The van der Waals surface area contributed by atoms with Gasteiger partial charge < -0.3 is 9.64 Å². The van der Waals surface area contributed by atoms with E-state index in [4.69, 9.17) is 4.74 Å². The minimum absolute atomic E-state index is 0.0196. The summed E-state index contributed by atoms with van der Waals surface area (Å²) in [6.07, 6.45) is 2.85. The van der Waals surface area contributed by atoms with E-state index in [1.54, 1.807) is 17.0 Å². The van der Waals surface area contributed by atoms with Gasteiger partial charge in [-0.25, -0.2) is 13.1 Å². The normalized spacial score (nSPS) is 18.6. The highest BCUT2D eigenvalue weighted by Gasteiger charge is 2.24. The number of sulfonamides is 1. The molecule has 1 N–H and O–H groups in total. The van der Waals surface area contributed by atoms with E-state index >= 15 is 0 Å². The topological polar surface area (TPSA) is 75.7 Å². The van der Waals surface area contributed by atoms with Crippen LogP contribution in [0.5, 0.6) is 0 Å². The van der Waals surface area contributed by atoms with E-state index in [9.17, 15) is 13.2 Å². The Hall–Kier alpha value is -1.44. The van der Waals surface area contributed by atoms with Gasteiger partial charge in [-0.1, -0.05) is 25.5 Å². The number of unbranched alkanes of at least 4 members (excludes halogenated alkanes) is 1. The Morgan fingerprint density at radius 3 is 2.67 bits per heavy atom. The van der Waals surface area contributed by atoms with Crippen LogP contribution in [0.4, 0.5) is 0 Å². The number of nitrogens with zero attached hydrogens (tertiary/aromatic N) is 1. The van der Waals surface area contributed by atoms with Gasteiger partial charge in [-0.15, -0.1) is 0 Å². The Balaban J connectivity index is 1.92. The van der Waals surface area contributed by atoms with Crippen LogP contribution in [0.1, 0.15) is 32.3 Å². The highest BCUT2D eigenvalue weighted by atomic mass is 32.2. The molecule has 0 spiro atoms. The monoisotopic (exact) mass is 354 g/mol. The fourth-order valence-corrected chi connectivity index (χ4v) is 3.70. The molecule has 1 aliphatic heterocycles. The number of ether oxygens (including phenoxy) is 1. The highest BCUT2D eigenvalue weighted by Crippen LogP contribution is 2.13. The van der Waals surface area contributed by atoms with Crippen LogP contribution in [0.3, 0.4) is 0 Å². The first-order chi connectivity index (χ1) is 11.4. The van der Waals surface area contributed by atoms with Gasteiger partial charge >= 0.3 is 0 Å². The summed E-state index contributed by atoms with van der Waals surface area (Å²) in [4.78, 5) is 13.3. The van der Waals surface area contributed by atoms with Gasteiger partial charge in [0.2, 0.25) is 15.9 Å². The van der Waals surface area contributed by atoms with E-state index in [-0.39, 0.29) is 23.5 Å². The number of aryl methyl sites for hydroxylation is 1. The van der Waals surface area contributed by atoms with Crippen molar-refractivity contribution in [2.45, 2.75) is 44.1 Å². The second-order valence-electron chi connectivity index (χ2n) is 6.06. The lowest BCUT2D eigenvalue weighted by Crippen LogP contribution is -2.48. The third kappa shape index (κ3) is 5.29. The molecule has 1 amide bonds. The van der Waals surface area contributed by atoms with E-state index in [2.05, 4.69) is 11.6 Å². The lowest BCUT2D eigenvalue weighted by Gasteiger charge is -2.32. The number of hydrogen-bond donors (Lipinski definition) is 1. The number of morpholine rings is 1. The lowest BCUT2D eigenvalue weighted by atomic mass is 10.1. The molecule has 6 nitrogen and oxygen atoms in total. The van der Waals surface area contributed by atoms with Gasteiger partial charge in [0.1, 0.15) is 0 Å². The van der Waals surface area contributed by atoms with Crippen LogP contribution in [0.15, 0.2) is 29.2 Å². The Morgan fingerprint density at radius 1 is 1.33 bits per heavy atom. The van der Waals surface area contributed by atoms with Gasteiger partial charge in [-0.2, -0.15) is 0 Å². The molecular weight excluding hydrogens is 328 g/mol. The van der Waals surface area contributed by atoms with Crippen molar-refractivity contribution in [2.75, 3.05) is 26.2 Å². The van der Waals surface area contributed by atoms with E-state index in [0.717, 1.165) is 24.8 Å². The standard InChI is InChI=1S/C17H26N2O4S/c1-3-4-5-15-6-8-17(9-7-15)24(21,22)18-12-16-13-19(14(2)20)10-11-23-16/h6-9,16,18H,3-5,10-13H2,1-2H3/t16-/m1/s1. The van der Waals surface area contributed by atoms with Crippen molar-refractivity contribution < 1.29 is 17.9 Å². The molecule has 0 radical (unpaired) electrons. The molecule has 1 fully saturated rings. The summed E-state index contributed by atoms with van der Waals surface area (Å²) < 4.78 is 32.8. The molecule has 0 saturated carbocycles. The molecule has 24 heavy (non-hydrogen) atoms. The zero-order chi connectivity index (χ0) is 17.6. The molecule has 0 aliphatic carbocycles. The molecule has 0 unspecified atom stereocenters. The van der Waals surface area contributed by atoms with Crippen LogP contribution >= 0.6 is 0 Å². The van der Waals surface area contributed by atoms with Gasteiger partial charge in [0.25, 0.3) is 0 Å². The number of nitrogens with one attached hydrogen (secondary N) is 1. The third-order valence-electron chi connectivity index (χ3n) is 4.14. The van der Waals surface area contributed by atoms with Crippen LogP contribution in [-0.4, -0.2) is 51.6 Å². The molecule has 1 heterocycles. The number of benzene rings is 1. The summed E-state index contributed by atoms with van der Waals surface area (Å²) >= 11 is 0. The van der Waals surface area contributed by atoms with Crippen LogP contribution in [-0.2, 0) is 26.0 Å². The first-order valence-electron chi connectivity index (χ1n) is 8.38. The highest BCUT2D eigenvalue weighted by molar-refractivity contribution is 7.89. The molecule has 2 rings (SSSR count). The molecule has 1 aromatic carbocycles. The summed E-state index contributed by atoms with van der Waals surface area (Å²) in [5.41, 5.74) is 1.14. The number of rotatable bonds is 7. The van der Waals surface area contributed by atoms with Crippen LogP contribution in [0.25, 0.3) is 0 Å². The SMILES string of the molecule is CCCCc1ccc(S(=O)(=O)NC[C@@H]2CN(C(C)=O)CCO2)cc1. The number of carbonyl (C=O) groups is 1. The third-order valence-corrected chi connectivity index (χ3v) is 5.58. The molecule has 1 aliphatic rings. The molecule has 134 valence electrons. The first-order valence-corrected chi connectivity index (χ1v) is 9.86. The lowest BCUT2D eigenvalue weighted by molar-refractivity contribution is -0.136. The summed E-state index contributed by atoms with van der Waals surface area (Å²) in [6.45, 7) is 5.18. The molecule has 1 aromatic rings. The molecule has 0 bridgehead atoms. The summed E-state index contributed by atoms with van der Waals surface area (Å²) in [7, 11) is -3.57. The fourth-order valence-electron chi connectivity index (χ4n) is 2.63. The smallest absolute Gasteiger partial charge is 0.240 e. The predicted octanol–water partition coefficient (Wildman–Crippen LogP) is 1.55. The Kier molecular flexibility index (Phi) is 6.77. The maximum atomic E-state index is 12.4. The van der Waals surface area contributed by atoms with Crippen LogP contribution in [0, 0.1) is 0 Å². The fraction of sp³-hybridized carbons (Fsp3) is 0.588. The second kappa shape index (κ2) is 8.60. The number of amides is 1. The van der Waals surface area contributed by atoms with Gasteiger partial charge in [0, 0.05) is 26.6 Å². The van der Waals surface area contributed by atoms with Crippen molar-refractivity contribution in [3.05, 3.63) is 29.8 Å². The molecule has 0 aromatic heterocycles. The van der Waals surface area contributed by atoms with Crippen LogP contribution in [0.2, 0.25) is 0 Å².